The van der Waals surface area contributed by atoms with Crippen molar-refractivity contribution in [2.45, 2.75) is 80.8 Å². The standard InChI is InChI=1S/C36H46Si2/c1-23-13-25(3)35(26(4)14-23)31-17-29(19-33(21-31)37(7,8)9)30-18-32(22-34(20-30)38(10,11)12)36-27(5)15-24(2)16-28(36)6/h13-22H,1-12H3. The molecule has 0 spiro atoms. The monoisotopic (exact) mass is 534 g/mol. The zero-order valence-corrected chi connectivity index (χ0v) is 27.8. The van der Waals surface area contributed by atoms with Crippen molar-refractivity contribution in [1.29, 1.82) is 0 Å². The van der Waals surface area contributed by atoms with Crippen LogP contribution in [0, 0.1) is 41.5 Å². The highest BCUT2D eigenvalue weighted by Crippen LogP contribution is 2.35. The highest BCUT2D eigenvalue weighted by molar-refractivity contribution is 6.89. The van der Waals surface area contributed by atoms with Gasteiger partial charge in [-0.05, 0) is 109 Å². The second-order valence-corrected chi connectivity index (χ2v) is 23.8. The first-order valence-corrected chi connectivity index (χ1v) is 21.0. The van der Waals surface area contributed by atoms with Gasteiger partial charge >= 0.3 is 0 Å². The maximum Gasteiger partial charge on any atom is 0.0776 e. The third-order valence-electron chi connectivity index (χ3n) is 7.86. The fourth-order valence-electron chi connectivity index (χ4n) is 6.01. The van der Waals surface area contributed by atoms with Gasteiger partial charge in [-0.1, -0.05) is 109 Å². The molecule has 0 aromatic heterocycles. The maximum atomic E-state index is 2.50. The van der Waals surface area contributed by atoms with Gasteiger partial charge in [-0.2, -0.15) is 0 Å². The Morgan fingerprint density at radius 1 is 0.342 bits per heavy atom. The van der Waals surface area contributed by atoms with Crippen LogP contribution in [0.1, 0.15) is 33.4 Å². The molecule has 0 N–H and O–H groups in total. The summed E-state index contributed by atoms with van der Waals surface area (Å²) in [5.74, 6) is 0. The Labute approximate surface area is 234 Å². The van der Waals surface area contributed by atoms with Crippen molar-refractivity contribution in [2.75, 3.05) is 0 Å². The normalized spacial score (nSPS) is 12.2. The predicted molar refractivity (Wildman–Crippen MR) is 177 cm³/mol. The van der Waals surface area contributed by atoms with Crippen LogP contribution in [0.3, 0.4) is 0 Å². The van der Waals surface area contributed by atoms with Crippen molar-refractivity contribution in [3.05, 3.63) is 94.0 Å². The van der Waals surface area contributed by atoms with Crippen LogP contribution in [0.4, 0.5) is 0 Å². The molecular formula is C36H46Si2. The van der Waals surface area contributed by atoms with Crippen LogP contribution in [-0.4, -0.2) is 16.1 Å². The first-order chi connectivity index (χ1) is 17.5. The molecule has 4 rings (SSSR count). The molecule has 0 unspecified atom stereocenters. The van der Waals surface area contributed by atoms with E-state index < -0.39 is 16.1 Å². The van der Waals surface area contributed by atoms with E-state index in [-0.39, 0.29) is 0 Å². The first-order valence-electron chi connectivity index (χ1n) is 14.0. The minimum Gasteiger partial charge on any atom is -0.0656 e. The van der Waals surface area contributed by atoms with Gasteiger partial charge in [0.1, 0.15) is 0 Å². The van der Waals surface area contributed by atoms with Gasteiger partial charge in [0.25, 0.3) is 0 Å². The van der Waals surface area contributed by atoms with E-state index in [2.05, 4.69) is 141 Å². The molecule has 4 aromatic rings. The number of aryl methyl sites for hydroxylation is 6. The zero-order chi connectivity index (χ0) is 28.2. The van der Waals surface area contributed by atoms with Gasteiger partial charge in [0, 0.05) is 0 Å². The molecule has 0 aliphatic rings. The lowest BCUT2D eigenvalue weighted by Crippen LogP contribution is -2.38. The third kappa shape index (κ3) is 5.82. The molecule has 0 bridgehead atoms. The van der Waals surface area contributed by atoms with Crippen molar-refractivity contribution in [3.63, 3.8) is 0 Å². The van der Waals surface area contributed by atoms with E-state index in [1.165, 1.54) is 77.1 Å². The Kier molecular flexibility index (Phi) is 7.55. The number of benzene rings is 4. The fourth-order valence-corrected chi connectivity index (χ4v) is 8.37. The van der Waals surface area contributed by atoms with Gasteiger partial charge < -0.3 is 0 Å². The lowest BCUT2D eigenvalue weighted by molar-refractivity contribution is 1.32. The van der Waals surface area contributed by atoms with Crippen LogP contribution < -0.4 is 10.4 Å². The van der Waals surface area contributed by atoms with Crippen LogP contribution >= 0.6 is 0 Å². The average Bonchev–Trinajstić information content (AvgIpc) is 2.76. The third-order valence-corrected chi connectivity index (χ3v) is 11.9. The van der Waals surface area contributed by atoms with Crippen LogP contribution in [0.5, 0.6) is 0 Å². The predicted octanol–water partition coefficient (Wildman–Crippen LogP) is 9.63. The Hall–Kier alpha value is -2.69. The summed E-state index contributed by atoms with van der Waals surface area (Å²) in [5.41, 5.74) is 16.3. The van der Waals surface area contributed by atoms with Gasteiger partial charge in [0.15, 0.2) is 0 Å². The van der Waals surface area contributed by atoms with Crippen molar-refractivity contribution in [3.8, 4) is 33.4 Å². The van der Waals surface area contributed by atoms with E-state index in [4.69, 9.17) is 0 Å². The lowest BCUT2D eigenvalue weighted by Gasteiger charge is -2.24. The van der Waals surface area contributed by atoms with Crippen molar-refractivity contribution >= 4 is 26.5 Å². The summed E-state index contributed by atoms with van der Waals surface area (Å²) in [4.78, 5) is 0. The molecule has 0 amide bonds. The lowest BCUT2D eigenvalue weighted by atomic mass is 9.90. The van der Waals surface area contributed by atoms with E-state index in [9.17, 15) is 0 Å². The molecule has 0 heterocycles. The van der Waals surface area contributed by atoms with Gasteiger partial charge in [-0.25, -0.2) is 0 Å². The highest BCUT2D eigenvalue weighted by atomic mass is 28.3. The van der Waals surface area contributed by atoms with Gasteiger partial charge in [-0.3, -0.25) is 0 Å². The molecule has 2 heteroatoms. The number of hydrogen-bond acceptors (Lipinski definition) is 0. The fraction of sp³-hybridized carbons (Fsp3) is 0.333. The van der Waals surface area contributed by atoms with Crippen molar-refractivity contribution in [2.24, 2.45) is 0 Å². The summed E-state index contributed by atoms with van der Waals surface area (Å²) in [5, 5.41) is 3.04. The molecule has 0 fully saturated rings. The molecule has 198 valence electrons. The van der Waals surface area contributed by atoms with E-state index >= 15 is 0 Å². The van der Waals surface area contributed by atoms with Crippen LogP contribution in [0.25, 0.3) is 33.4 Å². The second kappa shape index (κ2) is 10.1. The van der Waals surface area contributed by atoms with Gasteiger partial charge in [-0.15, -0.1) is 0 Å². The number of hydrogen-bond donors (Lipinski definition) is 0. The van der Waals surface area contributed by atoms with E-state index in [0.717, 1.165) is 0 Å². The summed E-state index contributed by atoms with van der Waals surface area (Å²) in [6.45, 7) is 28.3. The Morgan fingerprint density at radius 2 is 0.605 bits per heavy atom. The Morgan fingerprint density at radius 3 is 0.868 bits per heavy atom. The molecule has 0 radical (unpaired) electrons. The summed E-state index contributed by atoms with van der Waals surface area (Å²) in [7, 11) is -3.10. The minimum absolute atomic E-state index is 1.33. The van der Waals surface area contributed by atoms with E-state index in [1.54, 1.807) is 0 Å². The molecule has 38 heavy (non-hydrogen) atoms. The quantitative estimate of drug-likeness (QED) is 0.224. The van der Waals surface area contributed by atoms with Crippen molar-refractivity contribution < 1.29 is 0 Å². The summed E-state index contributed by atoms with van der Waals surface area (Å²) >= 11 is 0. The zero-order valence-electron chi connectivity index (χ0n) is 25.8. The van der Waals surface area contributed by atoms with Crippen molar-refractivity contribution in [1.82, 2.24) is 0 Å². The summed E-state index contributed by atoms with van der Waals surface area (Å²) < 4.78 is 0. The molecule has 0 atom stereocenters. The molecular weight excluding hydrogens is 489 g/mol. The Bertz CT molecular complexity index is 1360. The van der Waals surface area contributed by atoms with Gasteiger partial charge in [0.05, 0.1) is 16.1 Å². The maximum absolute atomic E-state index is 2.50. The summed E-state index contributed by atoms with van der Waals surface area (Å²) in [6, 6.07) is 24.2. The van der Waals surface area contributed by atoms with Crippen LogP contribution in [0.2, 0.25) is 39.3 Å². The molecule has 0 aliphatic carbocycles. The summed E-state index contributed by atoms with van der Waals surface area (Å²) in [6.07, 6.45) is 0. The first kappa shape index (κ1) is 28.3. The topological polar surface area (TPSA) is 0 Å². The average molecular weight is 535 g/mol. The van der Waals surface area contributed by atoms with Crippen LogP contribution in [0.15, 0.2) is 60.7 Å². The molecule has 0 saturated carbocycles. The van der Waals surface area contributed by atoms with E-state index in [1.807, 2.05) is 0 Å². The molecule has 0 saturated heterocycles. The molecule has 0 nitrogen and oxygen atoms in total. The van der Waals surface area contributed by atoms with E-state index in [0.29, 0.717) is 0 Å². The largest absolute Gasteiger partial charge is 0.0776 e. The SMILES string of the molecule is Cc1cc(C)c(-c2cc(-c3cc(-c4c(C)cc(C)cc4C)cc([Si](C)(C)C)c3)cc([Si](C)(C)C)c2)c(C)c1. The number of rotatable bonds is 5. The smallest absolute Gasteiger partial charge is 0.0656 e. The highest BCUT2D eigenvalue weighted by Gasteiger charge is 2.23. The van der Waals surface area contributed by atoms with Crippen LogP contribution in [-0.2, 0) is 0 Å². The molecule has 4 aromatic carbocycles. The Balaban J connectivity index is 2.05. The van der Waals surface area contributed by atoms with Gasteiger partial charge in [0.2, 0.25) is 0 Å². The second-order valence-electron chi connectivity index (χ2n) is 13.6. The molecule has 0 aliphatic heterocycles. The minimum atomic E-state index is -1.55.